The molecule has 0 radical (unpaired) electrons. The van der Waals surface area contributed by atoms with Crippen molar-refractivity contribution in [3.8, 4) is 11.1 Å². The summed E-state index contributed by atoms with van der Waals surface area (Å²) in [6.45, 7) is 4.70. The van der Waals surface area contributed by atoms with Crippen LogP contribution in [0.15, 0.2) is 55.0 Å². The van der Waals surface area contributed by atoms with E-state index in [1.807, 2.05) is 44.3 Å². The maximum atomic E-state index is 13.5. The van der Waals surface area contributed by atoms with Gasteiger partial charge in [-0.1, -0.05) is 30.3 Å². The molecule has 0 unspecified atom stereocenters. The number of piperidine rings is 1. The molecule has 0 spiro atoms. The van der Waals surface area contributed by atoms with Crippen molar-refractivity contribution in [2.24, 2.45) is 12.5 Å². The molecule has 0 saturated carbocycles. The van der Waals surface area contributed by atoms with Gasteiger partial charge in [0.2, 0.25) is 5.91 Å². The molecule has 6 nitrogen and oxygen atoms in total. The van der Waals surface area contributed by atoms with Crippen molar-refractivity contribution in [3.05, 3.63) is 71.8 Å². The van der Waals surface area contributed by atoms with E-state index in [4.69, 9.17) is 0 Å². The Bertz CT molecular complexity index is 1070. The number of rotatable bonds is 6. The zero-order valence-corrected chi connectivity index (χ0v) is 19.6. The maximum absolute atomic E-state index is 13.5. The number of hydrogen-bond donors (Lipinski definition) is 0. The second-order valence-corrected chi connectivity index (χ2v) is 9.29. The zero-order chi connectivity index (χ0) is 22.7. The van der Waals surface area contributed by atoms with E-state index in [1.54, 1.807) is 11.1 Å². The molecule has 0 N–H and O–H groups in total. The van der Waals surface area contributed by atoms with Gasteiger partial charge in [-0.3, -0.25) is 19.4 Å². The minimum absolute atomic E-state index is 0.219. The van der Waals surface area contributed by atoms with Gasteiger partial charge >= 0.3 is 0 Å². The average molecular weight is 432 g/mol. The first-order valence-corrected chi connectivity index (χ1v) is 11.3. The monoisotopic (exact) mass is 431 g/mol. The smallest absolute Gasteiger partial charge is 0.229 e. The molecule has 3 aromatic rings. The van der Waals surface area contributed by atoms with Crippen LogP contribution in [-0.4, -0.2) is 57.7 Å². The number of benzene rings is 1. The second kappa shape index (κ2) is 9.25. The fourth-order valence-corrected chi connectivity index (χ4v) is 4.96. The van der Waals surface area contributed by atoms with E-state index in [1.165, 1.54) is 16.8 Å². The van der Waals surface area contributed by atoms with Gasteiger partial charge < -0.3 is 4.90 Å². The molecule has 1 saturated heterocycles. The number of hydrogen-bond acceptors (Lipinski definition) is 4. The van der Waals surface area contributed by atoms with Gasteiger partial charge in [0.15, 0.2) is 0 Å². The van der Waals surface area contributed by atoms with Crippen molar-refractivity contribution >= 4 is 5.91 Å². The number of carbonyl (C=O) groups excluding carboxylic acids is 1. The SMILES string of the molecule is Cc1c(CN2CCC[C@](Cc3cccc(-c4cccnc4)c3)(C(=O)N(C)C)C2)cnn1C. The summed E-state index contributed by atoms with van der Waals surface area (Å²) < 4.78 is 1.92. The summed E-state index contributed by atoms with van der Waals surface area (Å²) in [5.41, 5.74) is 5.43. The summed E-state index contributed by atoms with van der Waals surface area (Å²) in [4.78, 5) is 22.0. The fourth-order valence-electron chi connectivity index (χ4n) is 4.96. The molecule has 168 valence electrons. The lowest BCUT2D eigenvalue weighted by atomic mass is 9.73. The first kappa shape index (κ1) is 22.2. The van der Waals surface area contributed by atoms with Gasteiger partial charge in [0, 0.05) is 57.9 Å². The van der Waals surface area contributed by atoms with Crippen LogP contribution in [0.1, 0.15) is 29.7 Å². The molecule has 0 aliphatic carbocycles. The Labute approximate surface area is 190 Å². The Morgan fingerprint density at radius 1 is 1.16 bits per heavy atom. The molecule has 1 aliphatic rings. The van der Waals surface area contributed by atoms with E-state index in [0.717, 1.165) is 50.0 Å². The summed E-state index contributed by atoms with van der Waals surface area (Å²) in [6.07, 6.45) is 8.29. The first-order chi connectivity index (χ1) is 15.4. The number of amides is 1. The van der Waals surface area contributed by atoms with Crippen molar-refractivity contribution in [2.45, 2.75) is 32.7 Å². The van der Waals surface area contributed by atoms with Gasteiger partial charge in [-0.05, 0) is 55.5 Å². The minimum atomic E-state index is -0.425. The van der Waals surface area contributed by atoms with Crippen molar-refractivity contribution < 1.29 is 4.79 Å². The van der Waals surface area contributed by atoms with Gasteiger partial charge in [-0.15, -0.1) is 0 Å². The van der Waals surface area contributed by atoms with Crippen LogP contribution in [0.5, 0.6) is 0 Å². The average Bonchev–Trinajstić information content (AvgIpc) is 3.11. The molecular weight excluding hydrogens is 398 g/mol. The van der Waals surface area contributed by atoms with Gasteiger partial charge in [0.05, 0.1) is 11.6 Å². The normalized spacial score (nSPS) is 19.1. The fraction of sp³-hybridized carbons (Fsp3) is 0.423. The van der Waals surface area contributed by atoms with Crippen LogP contribution in [0.2, 0.25) is 0 Å². The van der Waals surface area contributed by atoms with E-state index >= 15 is 0 Å². The highest BCUT2D eigenvalue weighted by atomic mass is 16.2. The summed E-state index contributed by atoms with van der Waals surface area (Å²) in [7, 11) is 5.73. The summed E-state index contributed by atoms with van der Waals surface area (Å²) in [5.74, 6) is 0.219. The number of pyridine rings is 1. The van der Waals surface area contributed by atoms with Crippen molar-refractivity contribution in [1.82, 2.24) is 24.6 Å². The summed E-state index contributed by atoms with van der Waals surface area (Å²) in [5, 5.41) is 4.40. The van der Waals surface area contributed by atoms with Crippen LogP contribution in [0.3, 0.4) is 0 Å². The van der Waals surface area contributed by atoms with Crippen LogP contribution >= 0.6 is 0 Å². The molecule has 1 aliphatic heterocycles. The number of likely N-dealkylation sites (tertiary alicyclic amines) is 1. The summed E-state index contributed by atoms with van der Waals surface area (Å²) in [6, 6.07) is 12.6. The van der Waals surface area contributed by atoms with E-state index in [-0.39, 0.29) is 5.91 Å². The Morgan fingerprint density at radius 2 is 1.97 bits per heavy atom. The maximum Gasteiger partial charge on any atom is 0.229 e. The first-order valence-electron chi connectivity index (χ1n) is 11.3. The molecule has 3 heterocycles. The highest BCUT2D eigenvalue weighted by Gasteiger charge is 2.43. The third kappa shape index (κ3) is 4.60. The molecule has 1 atom stereocenters. The Balaban J connectivity index is 1.61. The lowest BCUT2D eigenvalue weighted by Gasteiger charge is -2.43. The van der Waals surface area contributed by atoms with Crippen molar-refractivity contribution in [2.75, 3.05) is 27.2 Å². The quantitative estimate of drug-likeness (QED) is 0.597. The van der Waals surface area contributed by atoms with Crippen LogP contribution < -0.4 is 0 Å². The van der Waals surface area contributed by atoms with E-state index in [9.17, 15) is 4.79 Å². The lowest BCUT2D eigenvalue weighted by Crippen LogP contribution is -2.52. The largest absolute Gasteiger partial charge is 0.348 e. The molecule has 4 rings (SSSR count). The minimum Gasteiger partial charge on any atom is -0.348 e. The Kier molecular flexibility index (Phi) is 6.42. The van der Waals surface area contributed by atoms with Gasteiger partial charge in [-0.2, -0.15) is 5.10 Å². The number of aromatic nitrogens is 3. The third-order valence-electron chi connectivity index (χ3n) is 6.71. The number of carbonyl (C=O) groups is 1. The molecule has 1 fully saturated rings. The van der Waals surface area contributed by atoms with E-state index in [0.29, 0.717) is 0 Å². The van der Waals surface area contributed by atoms with Crippen LogP contribution in [0.4, 0.5) is 0 Å². The molecule has 1 amide bonds. The zero-order valence-electron chi connectivity index (χ0n) is 19.6. The molecular formula is C26H33N5O. The van der Waals surface area contributed by atoms with Gasteiger partial charge in [0.1, 0.15) is 0 Å². The van der Waals surface area contributed by atoms with Crippen LogP contribution in [0, 0.1) is 12.3 Å². The van der Waals surface area contributed by atoms with Crippen LogP contribution in [0.25, 0.3) is 11.1 Å². The number of nitrogens with zero attached hydrogens (tertiary/aromatic N) is 5. The molecule has 32 heavy (non-hydrogen) atoms. The van der Waals surface area contributed by atoms with Crippen molar-refractivity contribution in [1.29, 1.82) is 0 Å². The standard InChI is InChI=1S/C26H33N5O/c1-20-24(17-28-30(20)4)18-31-13-7-11-26(19-31,25(32)29(2)3)15-21-8-5-9-22(14-21)23-10-6-12-27-16-23/h5-6,8-10,12,14,16-17H,7,11,13,15,18-19H2,1-4H3/t26-/m1/s1. The molecule has 1 aromatic carbocycles. The van der Waals surface area contributed by atoms with Crippen molar-refractivity contribution in [3.63, 3.8) is 0 Å². The topological polar surface area (TPSA) is 54.3 Å². The predicted octanol–water partition coefficient (Wildman–Crippen LogP) is 3.70. The van der Waals surface area contributed by atoms with Crippen LogP contribution in [-0.2, 0) is 24.8 Å². The van der Waals surface area contributed by atoms with E-state index < -0.39 is 5.41 Å². The predicted molar refractivity (Wildman–Crippen MR) is 127 cm³/mol. The van der Waals surface area contributed by atoms with Gasteiger partial charge in [0.25, 0.3) is 0 Å². The highest BCUT2D eigenvalue weighted by molar-refractivity contribution is 5.83. The summed E-state index contributed by atoms with van der Waals surface area (Å²) >= 11 is 0. The van der Waals surface area contributed by atoms with Gasteiger partial charge in [-0.25, -0.2) is 0 Å². The second-order valence-electron chi connectivity index (χ2n) is 9.29. The Hall–Kier alpha value is -2.99. The highest BCUT2D eigenvalue weighted by Crippen LogP contribution is 2.37. The number of aryl methyl sites for hydroxylation is 1. The molecule has 6 heteroatoms. The molecule has 0 bridgehead atoms. The lowest BCUT2D eigenvalue weighted by molar-refractivity contribution is -0.143. The van der Waals surface area contributed by atoms with E-state index in [2.05, 4.69) is 52.2 Å². The molecule has 2 aromatic heterocycles. The Morgan fingerprint density at radius 3 is 2.66 bits per heavy atom. The third-order valence-corrected chi connectivity index (χ3v) is 6.71.